The van der Waals surface area contributed by atoms with E-state index >= 15 is 0 Å². The molecule has 0 unspecified atom stereocenters. The number of halogens is 1. The number of esters is 1. The fourth-order valence-corrected chi connectivity index (χ4v) is 3.62. The Bertz CT molecular complexity index is 1150. The largest absolute Gasteiger partial charge is 0.489 e. The van der Waals surface area contributed by atoms with E-state index in [0.717, 1.165) is 11.1 Å². The molecule has 0 heterocycles. The number of hydrogen-bond donors (Lipinski definition) is 2. The van der Waals surface area contributed by atoms with Gasteiger partial charge in [-0.2, -0.15) is 0 Å². The van der Waals surface area contributed by atoms with Crippen molar-refractivity contribution in [1.29, 1.82) is 0 Å². The summed E-state index contributed by atoms with van der Waals surface area (Å²) in [4.78, 5) is 37.1. The van der Waals surface area contributed by atoms with Gasteiger partial charge in [0.05, 0.1) is 7.11 Å². The highest BCUT2D eigenvalue weighted by Crippen LogP contribution is 2.16. The monoisotopic (exact) mass is 492 g/mol. The van der Waals surface area contributed by atoms with Gasteiger partial charge >= 0.3 is 5.97 Å². The van der Waals surface area contributed by atoms with E-state index in [4.69, 9.17) is 9.47 Å². The van der Waals surface area contributed by atoms with Crippen LogP contribution in [0.25, 0.3) is 0 Å². The summed E-state index contributed by atoms with van der Waals surface area (Å²) in [7, 11) is 1.24. The minimum Gasteiger partial charge on any atom is -0.489 e. The maximum atomic E-state index is 13.2. The molecule has 0 fully saturated rings. The highest BCUT2D eigenvalue weighted by molar-refractivity contribution is 5.90. The van der Waals surface area contributed by atoms with Crippen molar-refractivity contribution < 1.29 is 28.2 Å². The number of carbonyl (C=O) groups excluding carboxylic acids is 3. The molecular weight excluding hydrogens is 463 g/mol. The average molecular weight is 493 g/mol. The Labute approximate surface area is 209 Å². The summed E-state index contributed by atoms with van der Waals surface area (Å²) in [5.74, 6) is -1.30. The number of rotatable bonds is 11. The highest BCUT2D eigenvalue weighted by Gasteiger charge is 2.27. The normalized spacial score (nSPS) is 12.2. The van der Waals surface area contributed by atoms with Gasteiger partial charge in [0.15, 0.2) is 0 Å². The lowest BCUT2D eigenvalue weighted by atomic mass is 10.0. The zero-order chi connectivity index (χ0) is 25.9. The number of methoxy groups -OCH3 is 1. The van der Waals surface area contributed by atoms with E-state index in [9.17, 15) is 18.8 Å². The van der Waals surface area contributed by atoms with Crippen LogP contribution in [0, 0.1) is 5.82 Å². The number of carbonyl (C=O) groups is 3. The average Bonchev–Trinajstić information content (AvgIpc) is 2.88. The van der Waals surface area contributed by atoms with Crippen LogP contribution in [0.4, 0.5) is 4.39 Å². The minimum atomic E-state index is -0.969. The molecule has 2 N–H and O–H groups in total. The Kier molecular flexibility index (Phi) is 9.56. The van der Waals surface area contributed by atoms with Crippen LogP contribution in [-0.2, 0) is 38.6 Å². The second-order valence-corrected chi connectivity index (χ2v) is 8.29. The number of amides is 2. The molecule has 0 aromatic heterocycles. The van der Waals surface area contributed by atoms with Gasteiger partial charge in [0.2, 0.25) is 11.8 Å². The molecule has 7 nitrogen and oxygen atoms in total. The third-order valence-corrected chi connectivity index (χ3v) is 5.46. The van der Waals surface area contributed by atoms with E-state index < -0.39 is 35.7 Å². The fraction of sp³-hybridized carbons (Fsp3) is 0.250. The van der Waals surface area contributed by atoms with Crippen molar-refractivity contribution in [1.82, 2.24) is 10.6 Å². The molecule has 0 spiro atoms. The quantitative estimate of drug-likeness (QED) is 0.401. The second-order valence-electron chi connectivity index (χ2n) is 8.29. The molecule has 0 saturated heterocycles. The van der Waals surface area contributed by atoms with Crippen LogP contribution in [0.15, 0.2) is 78.9 Å². The SMILES string of the molecule is COC(=O)[C@H](Cc1ccc(OCc2ccccc2)cc1)NC(=O)[C@@H](Cc1ccc(F)cc1)NC(C)=O. The topological polar surface area (TPSA) is 93.7 Å². The van der Waals surface area contributed by atoms with Gasteiger partial charge in [0.25, 0.3) is 0 Å². The molecule has 2 amide bonds. The first kappa shape index (κ1) is 26.4. The van der Waals surface area contributed by atoms with E-state index in [1.807, 2.05) is 42.5 Å². The van der Waals surface area contributed by atoms with Gasteiger partial charge in [-0.05, 0) is 41.0 Å². The summed E-state index contributed by atoms with van der Waals surface area (Å²) in [5.41, 5.74) is 2.49. The maximum Gasteiger partial charge on any atom is 0.328 e. The molecule has 3 rings (SSSR count). The van der Waals surface area contributed by atoms with E-state index in [-0.39, 0.29) is 12.8 Å². The summed E-state index contributed by atoms with van der Waals surface area (Å²) in [6, 6.07) is 20.7. The van der Waals surface area contributed by atoms with Crippen molar-refractivity contribution in [2.24, 2.45) is 0 Å². The van der Waals surface area contributed by atoms with E-state index in [2.05, 4.69) is 10.6 Å². The van der Waals surface area contributed by atoms with Crippen molar-refractivity contribution in [3.63, 3.8) is 0 Å². The van der Waals surface area contributed by atoms with Gasteiger partial charge in [-0.3, -0.25) is 9.59 Å². The first-order valence-corrected chi connectivity index (χ1v) is 11.5. The van der Waals surface area contributed by atoms with Crippen LogP contribution in [0.1, 0.15) is 23.6 Å². The van der Waals surface area contributed by atoms with Gasteiger partial charge in [-0.25, -0.2) is 9.18 Å². The molecule has 0 aliphatic rings. The van der Waals surface area contributed by atoms with Gasteiger partial charge < -0.3 is 20.1 Å². The lowest BCUT2D eigenvalue weighted by molar-refractivity contribution is -0.145. The zero-order valence-corrected chi connectivity index (χ0v) is 20.2. The molecular formula is C28H29FN2O5. The Balaban J connectivity index is 1.65. The lowest BCUT2D eigenvalue weighted by Gasteiger charge is -2.22. The Hall–Kier alpha value is -4.20. The molecule has 0 saturated carbocycles. The third kappa shape index (κ3) is 8.23. The molecule has 3 aromatic rings. The van der Waals surface area contributed by atoms with E-state index in [1.165, 1.54) is 38.3 Å². The second kappa shape index (κ2) is 13.0. The zero-order valence-electron chi connectivity index (χ0n) is 20.2. The summed E-state index contributed by atoms with van der Waals surface area (Å²) in [6.45, 7) is 1.73. The maximum absolute atomic E-state index is 13.2. The molecule has 0 aliphatic carbocycles. The van der Waals surface area contributed by atoms with Crippen molar-refractivity contribution in [3.8, 4) is 5.75 Å². The first-order valence-electron chi connectivity index (χ1n) is 11.5. The molecule has 3 aromatic carbocycles. The number of nitrogens with one attached hydrogen (secondary N) is 2. The molecule has 188 valence electrons. The van der Waals surface area contributed by atoms with Crippen LogP contribution in [0.2, 0.25) is 0 Å². The molecule has 0 aliphatic heterocycles. The molecule has 0 bridgehead atoms. The third-order valence-electron chi connectivity index (χ3n) is 5.46. The Morgan fingerprint density at radius 2 is 1.36 bits per heavy atom. The predicted octanol–water partition coefficient (Wildman–Crippen LogP) is 3.35. The summed E-state index contributed by atoms with van der Waals surface area (Å²) in [6.07, 6.45) is 0.313. The molecule has 8 heteroatoms. The molecule has 0 radical (unpaired) electrons. The van der Waals surface area contributed by atoms with Crippen molar-refractivity contribution in [2.75, 3.05) is 7.11 Å². The summed E-state index contributed by atoms with van der Waals surface area (Å²) >= 11 is 0. The van der Waals surface area contributed by atoms with Gasteiger partial charge in [0, 0.05) is 19.8 Å². The lowest BCUT2D eigenvalue weighted by Crippen LogP contribution is -2.53. The Morgan fingerprint density at radius 1 is 0.778 bits per heavy atom. The summed E-state index contributed by atoms with van der Waals surface area (Å²) < 4.78 is 23.9. The standard InChI is InChI=1S/C28H29FN2O5/c1-19(32)30-25(16-20-8-12-23(29)13-9-20)27(33)31-26(28(34)35-2)17-21-10-14-24(15-11-21)36-18-22-6-4-3-5-7-22/h3-15,25-26H,16-18H2,1-2H3,(H,30,32)(H,31,33)/t25-,26+/m1/s1. The minimum absolute atomic E-state index is 0.132. The number of hydrogen-bond acceptors (Lipinski definition) is 5. The number of ether oxygens (including phenoxy) is 2. The van der Waals surface area contributed by atoms with E-state index in [1.54, 1.807) is 12.1 Å². The van der Waals surface area contributed by atoms with E-state index in [0.29, 0.717) is 17.9 Å². The highest BCUT2D eigenvalue weighted by atomic mass is 19.1. The van der Waals surface area contributed by atoms with Gasteiger partial charge in [-0.1, -0.05) is 54.6 Å². The van der Waals surface area contributed by atoms with Crippen LogP contribution < -0.4 is 15.4 Å². The predicted molar refractivity (Wildman–Crippen MR) is 133 cm³/mol. The fourth-order valence-electron chi connectivity index (χ4n) is 3.62. The van der Waals surface area contributed by atoms with Crippen LogP contribution in [0.3, 0.4) is 0 Å². The van der Waals surface area contributed by atoms with Crippen LogP contribution in [0.5, 0.6) is 5.75 Å². The van der Waals surface area contributed by atoms with Crippen molar-refractivity contribution in [2.45, 2.75) is 38.5 Å². The smallest absolute Gasteiger partial charge is 0.328 e. The van der Waals surface area contributed by atoms with Gasteiger partial charge in [-0.15, -0.1) is 0 Å². The Morgan fingerprint density at radius 3 is 1.94 bits per heavy atom. The first-order chi connectivity index (χ1) is 17.3. The van der Waals surface area contributed by atoms with Crippen LogP contribution in [-0.4, -0.2) is 37.0 Å². The number of benzene rings is 3. The van der Waals surface area contributed by atoms with Gasteiger partial charge in [0.1, 0.15) is 30.3 Å². The van der Waals surface area contributed by atoms with Crippen molar-refractivity contribution >= 4 is 17.8 Å². The van der Waals surface area contributed by atoms with Crippen molar-refractivity contribution in [3.05, 3.63) is 101 Å². The van der Waals surface area contributed by atoms with Crippen LogP contribution >= 0.6 is 0 Å². The molecule has 36 heavy (non-hydrogen) atoms. The molecule has 2 atom stereocenters. The summed E-state index contributed by atoms with van der Waals surface area (Å²) in [5, 5.41) is 5.27.